The van der Waals surface area contributed by atoms with Gasteiger partial charge in [-0.15, -0.1) is 0 Å². The van der Waals surface area contributed by atoms with Crippen molar-refractivity contribution in [1.82, 2.24) is 9.97 Å². The normalized spacial score (nSPS) is 21.5. The highest BCUT2D eigenvalue weighted by Gasteiger charge is 2.29. The molecule has 2 unspecified atom stereocenters. The summed E-state index contributed by atoms with van der Waals surface area (Å²) in [6.07, 6.45) is 4.12. The van der Waals surface area contributed by atoms with E-state index in [0.717, 1.165) is 30.5 Å². The number of fused-ring (bicyclic) bond motifs is 1. The Bertz CT molecular complexity index is 451. The highest BCUT2D eigenvalue weighted by Crippen LogP contribution is 2.36. The first-order valence-electron chi connectivity index (χ1n) is 7.39. The molecule has 1 saturated heterocycles. The number of nitrogens with two attached hydrogens (primary N) is 1. The van der Waals surface area contributed by atoms with Crippen molar-refractivity contribution < 1.29 is 9.47 Å². The Labute approximate surface area is 125 Å². The van der Waals surface area contributed by atoms with Gasteiger partial charge in [0.2, 0.25) is 5.75 Å². The number of methoxy groups -OCH3 is 1. The van der Waals surface area contributed by atoms with Crippen molar-refractivity contribution >= 4 is 11.6 Å². The Kier molecular flexibility index (Phi) is 5.58. The molecule has 3 N–H and O–H groups in total. The van der Waals surface area contributed by atoms with Crippen molar-refractivity contribution in [2.75, 3.05) is 44.1 Å². The minimum absolute atomic E-state index is 0.0818. The van der Waals surface area contributed by atoms with Crippen molar-refractivity contribution in [3.63, 3.8) is 0 Å². The van der Waals surface area contributed by atoms with E-state index in [1.54, 1.807) is 13.4 Å². The Balaban J connectivity index is 0.000000774. The van der Waals surface area contributed by atoms with Crippen molar-refractivity contribution in [2.24, 2.45) is 5.73 Å². The topological polar surface area (TPSA) is 85.5 Å². The van der Waals surface area contributed by atoms with E-state index in [2.05, 4.69) is 25.9 Å². The zero-order valence-electron chi connectivity index (χ0n) is 13.0. The van der Waals surface area contributed by atoms with E-state index >= 15 is 0 Å². The maximum Gasteiger partial charge on any atom is 0.204 e. The molecule has 0 amide bonds. The Morgan fingerprint density at radius 2 is 2.10 bits per heavy atom. The zero-order chi connectivity index (χ0) is 15.2. The standard InChI is InChI=1S/C13H20N4O2.CH5N/c1-9(18-2)10-7-19-11-12(16-10)14-8-15-13(11)17-5-3-4-6-17;1-2/h8-10H,3-7H2,1-2H3,(H,14,15,16);2H2,1H3. The number of rotatable bonds is 3. The lowest BCUT2D eigenvalue weighted by Gasteiger charge is -2.31. The number of nitrogens with zero attached hydrogens (tertiary/aromatic N) is 3. The van der Waals surface area contributed by atoms with E-state index in [4.69, 9.17) is 9.47 Å². The molecule has 2 aliphatic heterocycles. The van der Waals surface area contributed by atoms with Gasteiger partial charge in [0.05, 0.1) is 12.1 Å². The third kappa shape index (κ3) is 3.36. The smallest absolute Gasteiger partial charge is 0.204 e. The van der Waals surface area contributed by atoms with Gasteiger partial charge in [0.15, 0.2) is 11.6 Å². The summed E-state index contributed by atoms with van der Waals surface area (Å²) >= 11 is 0. The molecule has 0 aliphatic carbocycles. The van der Waals surface area contributed by atoms with Gasteiger partial charge in [0.25, 0.3) is 0 Å². The number of anilines is 2. The summed E-state index contributed by atoms with van der Waals surface area (Å²) in [7, 11) is 3.21. The molecule has 3 rings (SSSR count). The largest absolute Gasteiger partial charge is 0.484 e. The van der Waals surface area contributed by atoms with Crippen LogP contribution in [-0.2, 0) is 4.74 Å². The first kappa shape index (κ1) is 15.8. The van der Waals surface area contributed by atoms with Gasteiger partial charge in [0.1, 0.15) is 12.9 Å². The molecular formula is C14H25N5O2. The highest BCUT2D eigenvalue weighted by atomic mass is 16.5. The fraction of sp³-hybridized carbons (Fsp3) is 0.714. The average Bonchev–Trinajstić information content (AvgIpc) is 3.09. The third-order valence-corrected chi connectivity index (χ3v) is 3.86. The molecule has 1 aromatic rings. The van der Waals surface area contributed by atoms with E-state index in [-0.39, 0.29) is 12.1 Å². The summed E-state index contributed by atoms with van der Waals surface area (Å²) in [5, 5.41) is 3.38. The maximum atomic E-state index is 5.89. The first-order valence-corrected chi connectivity index (χ1v) is 7.39. The first-order chi connectivity index (χ1) is 10.3. The molecule has 7 heteroatoms. The minimum Gasteiger partial charge on any atom is -0.484 e. The summed E-state index contributed by atoms with van der Waals surface area (Å²) in [5.74, 6) is 2.47. The van der Waals surface area contributed by atoms with Gasteiger partial charge in [-0.1, -0.05) is 0 Å². The van der Waals surface area contributed by atoms with Crippen molar-refractivity contribution in [3.8, 4) is 5.75 Å². The molecular weight excluding hydrogens is 270 g/mol. The molecule has 118 valence electrons. The van der Waals surface area contributed by atoms with E-state index in [1.807, 2.05) is 6.92 Å². The summed E-state index contributed by atoms with van der Waals surface area (Å²) in [6.45, 7) is 4.69. The van der Waals surface area contributed by atoms with Gasteiger partial charge in [-0.3, -0.25) is 0 Å². The summed E-state index contributed by atoms with van der Waals surface area (Å²) < 4.78 is 11.2. The predicted octanol–water partition coefficient (Wildman–Crippen LogP) is 0.859. The molecule has 21 heavy (non-hydrogen) atoms. The van der Waals surface area contributed by atoms with E-state index < -0.39 is 0 Å². The molecule has 1 fully saturated rings. The third-order valence-electron chi connectivity index (χ3n) is 3.86. The lowest BCUT2D eigenvalue weighted by Crippen LogP contribution is -2.41. The van der Waals surface area contributed by atoms with Crippen LogP contribution < -0.4 is 20.7 Å². The lowest BCUT2D eigenvalue weighted by molar-refractivity contribution is 0.0804. The van der Waals surface area contributed by atoms with Gasteiger partial charge in [-0.05, 0) is 26.8 Å². The summed E-state index contributed by atoms with van der Waals surface area (Å²) in [4.78, 5) is 10.9. The van der Waals surface area contributed by atoms with Crippen LogP contribution in [0.2, 0.25) is 0 Å². The molecule has 0 spiro atoms. The Hall–Kier alpha value is -1.60. The van der Waals surface area contributed by atoms with Crippen molar-refractivity contribution in [3.05, 3.63) is 6.33 Å². The van der Waals surface area contributed by atoms with Crippen LogP contribution in [-0.4, -0.2) is 56.0 Å². The number of nitrogens with one attached hydrogen (secondary N) is 1. The second-order valence-corrected chi connectivity index (χ2v) is 5.07. The van der Waals surface area contributed by atoms with Crippen LogP contribution in [0.5, 0.6) is 5.75 Å². The molecule has 0 saturated carbocycles. The van der Waals surface area contributed by atoms with Crippen LogP contribution in [0, 0.1) is 0 Å². The van der Waals surface area contributed by atoms with Crippen LogP contribution in [0.4, 0.5) is 11.6 Å². The van der Waals surface area contributed by atoms with E-state index in [0.29, 0.717) is 6.61 Å². The number of hydrogen-bond acceptors (Lipinski definition) is 7. The number of ether oxygens (including phenoxy) is 2. The fourth-order valence-electron chi connectivity index (χ4n) is 2.56. The average molecular weight is 295 g/mol. The molecule has 2 atom stereocenters. The minimum atomic E-state index is 0.0818. The SMILES string of the molecule is CN.COC(C)C1COc2c(ncnc2N2CCCC2)N1. The molecule has 0 aromatic carbocycles. The van der Waals surface area contributed by atoms with Gasteiger partial charge in [0, 0.05) is 20.2 Å². The second-order valence-electron chi connectivity index (χ2n) is 5.07. The van der Waals surface area contributed by atoms with Crippen LogP contribution >= 0.6 is 0 Å². The Morgan fingerprint density at radius 1 is 1.38 bits per heavy atom. The Morgan fingerprint density at radius 3 is 2.76 bits per heavy atom. The highest BCUT2D eigenvalue weighted by molar-refractivity contribution is 5.66. The van der Waals surface area contributed by atoms with Crippen molar-refractivity contribution in [1.29, 1.82) is 0 Å². The molecule has 2 aliphatic rings. The molecule has 0 radical (unpaired) electrons. The lowest BCUT2D eigenvalue weighted by atomic mass is 10.1. The van der Waals surface area contributed by atoms with Crippen LogP contribution in [0.25, 0.3) is 0 Å². The molecule has 1 aromatic heterocycles. The molecule has 0 bridgehead atoms. The zero-order valence-corrected chi connectivity index (χ0v) is 13.0. The fourth-order valence-corrected chi connectivity index (χ4v) is 2.56. The maximum absolute atomic E-state index is 5.89. The second kappa shape index (κ2) is 7.42. The summed E-state index contributed by atoms with van der Waals surface area (Å²) in [5.41, 5.74) is 4.50. The van der Waals surface area contributed by atoms with Gasteiger partial charge in [-0.2, -0.15) is 0 Å². The monoisotopic (exact) mass is 295 g/mol. The van der Waals surface area contributed by atoms with E-state index in [1.165, 1.54) is 19.9 Å². The molecule has 7 nitrogen and oxygen atoms in total. The summed E-state index contributed by atoms with van der Waals surface area (Å²) in [6, 6.07) is 0.124. The van der Waals surface area contributed by atoms with Gasteiger partial charge in [-0.25, -0.2) is 9.97 Å². The van der Waals surface area contributed by atoms with Gasteiger partial charge < -0.3 is 25.4 Å². The van der Waals surface area contributed by atoms with Crippen LogP contribution in [0.15, 0.2) is 6.33 Å². The number of hydrogen-bond donors (Lipinski definition) is 2. The van der Waals surface area contributed by atoms with Gasteiger partial charge >= 0.3 is 0 Å². The quantitative estimate of drug-likeness (QED) is 0.855. The van der Waals surface area contributed by atoms with Crippen LogP contribution in [0.3, 0.4) is 0 Å². The predicted molar refractivity (Wildman–Crippen MR) is 83.0 cm³/mol. The van der Waals surface area contributed by atoms with Crippen molar-refractivity contribution in [2.45, 2.75) is 31.9 Å². The van der Waals surface area contributed by atoms with Crippen LogP contribution in [0.1, 0.15) is 19.8 Å². The van der Waals surface area contributed by atoms with E-state index in [9.17, 15) is 0 Å². The number of aromatic nitrogens is 2. The molecule has 3 heterocycles.